The number of amides is 1. The number of hydrogen-bond donors (Lipinski definition) is 3. The number of aromatic nitrogens is 2. The second kappa shape index (κ2) is 5.22. The molecular weight excluding hydrogens is 264 g/mol. The minimum Gasteiger partial charge on any atom is -0.387 e. The van der Waals surface area contributed by atoms with Crippen molar-refractivity contribution in [1.29, 1.82) is 0 Å². The number of aromatic amines is 2. The van der Waals surface area contributed by atoms with Gasteiger partial charge in [-0.15, -0.1) is 0 Å². The van der Waals surface area contributed by atoms with Crippen LogP contribution in [0.3, 0.4) is 0 Å². The Morgan fingerprint density at radius 3 is 2.80 bits per heavy atom. The Balaban J connectivity index is 2.16. The fraction of sp³-hybridized carbons (Fsp3) is 0.583. The molecule has 1 aliphatic heterocycles. The lowest BCUT2D eigenvalue weighted by Gasteiger charge is -2.26. The highest BCUT2D eigenvalue weighted by molar-refractivity contribution is 5.93. The van der Waals surface area contributed by atoms with Gasteiger partial charge in [-0.25, -0.2) is 4.79 Å². The normalized spacial score (nSPS) is 22.5. The number of rotatable bonds is 3. The Labute approximate surface area is 115 Å². The van der Waals surface area contributed by atoms with Gasteiger partial charge in [-0.2, -0.15) is 0 Å². The van der Waals surface area contributed by atoms with E-state index in [2.05, 4.69) is 4.98 Å². The van der Waals surface area contributed by atoms with Crippen LogP contribution in [0.25, 0.3) is 0 Å². The van der Waals surface area contributed by atoms with Gasteiger partial charge in [0.15, 0.2) is 0 Å². The molecule has 0 bridgehead atoms. The van der Waals surface area contributed by atoms with Gasteiger partial charge in [0, 0.05) is 19.3 Å². The lowest BCUT2D eigenvalue weighted by atomic mass is 10.0. The van der Waals surface area contributed by atoms with Crippen LogP contribution in [0.2, 0.25) is 0 Å². The maximum Gasteiger partial charge on any atom is 0.325 e. The number of hydrogen-bond acceptors (Lipinski definition) is 5. The molecule has 1 amide bonds. The van der Waals surface area contributed by atoms with Gasteiger partial charge in [0.1, 0.15) is 5.56 Å². The molecule has 0 aromatic carbocycles. The molecule has 0 spiro atoms. The van der Waals surface area contributed by atoms with Crippen molar-refractivity contribution in [2.75, 3.05) is 33.7 Å². The van der Waals surface area contributed by atoms with Gasteiger partial charge < -0.3 is 19.9 Å². The third-order valence-electron chi connectivity index (χ3n) is 3.28. The van der Waals surface area contributed by atoms with Gasteiger partial charge in [0.2, 0.25) is 0 Å². The van der Waals surface area contributed by atoms with Crippen LogP contribution in [0, 0.1) is 0 Å². The molecule has 110 valence electrons. The molecule has 0 radical (unpaired) electrons. The summed E-state index contributed by atoms with van der Waals surface area (Å²) in [5, 5.41) is 10.4. The van der Waals surface area contributed by atoms with E-state index in [9.17, 15) is 19.5 Å². The molecule has 0 unspecified atom stereocenters. The summed E-state index contributed by atoms with van der Waals surface area (Å²) >= 11 is 0. The van der Waals surface area contributed by atoms with Crippen LogP contribution in [0.15, 0.2) is 15.8 Å². The van der Waals surface area contributed by atoms with Gasteiger partial charge in [-0.3, -0.25) is 14.6 Å². The van der Waals surface area contributed by atoms with Crippen molar-refractivity contribution >= 4 is 5.91 Å². The molecule has 8 heteroatoms. The summed E-state index contributed by atoms with van der Waals surface area (Å²) in [6.45, 7) is 0.989. The summed E-state index contributed by atoms with van der Waals surface area (Å²) in [4.78, 5) is 42.3. The van der Waals surface area contributed by atoms with Gasteiger partial charge in [-0.05, 0) is 20.5 Å². The molecule has 0 aliphatic carbocycles. The number of carbonyl (C=O) groups is 1. The predicted molar refractivity (Wildman–Crippen MR) is 71.7 cm³/mol. The molecule has 2 heterocycles. The third-order valence-corrected chi connectivity index (χ3v) is 3.28. The zero-order chi connectivity index (χ0) is 14.9. The van der Waals surface area contributed by atoms with Crippen LogP contribution < -0.4 is 11.2 Å². The molecule has 20 heavy (non-hydrogen) atoms. The van der Waals surface area contributed by atoms with Crippen molar-refractivity contribution in [1.82, 2.24) is 19.8 Å². The van der Waals surface area contributed by atoms with Crippen LogP contribution in [0.4, 0.5) is 0 Å². The number of likely N-dealkylation sites (N-methyl/N-ethyl adjacent to an activating group) is 1. The Morgan fingerprint density at radius 1 is 1.50 bits per heavy atom. The van der Waals surface area contributed by atoms with E-state index in [1.54, 1.807) is 0 Å². The zero-order valence-corrected chi connectivity index (χ0v) is 11.5. The SMILES string of the molecule is CN(C)C[C@]1(O)CCN(C(=O)c2c[nH]c(=O)[nH]c2=O)C1. The number of carbonyl (C=O) groups excluding carboxylic acids is 1. The number of aliphatic hydroxyl groups is 1. The van der Waals surface area contributed by atoms with Crippen molar-refractivity contribution in [3.63, 3.8) is 0 Å². The first-order valence-electron chi connectivity index (χ1n) is 6.29. The smallest absolute Gasteiger partial charge is 0.325 e. The van der Waals surface area contributed by atoms with Crippen molar-refractivity contribution in [2.24, 2.45) is 0 Å². The van der Waals surface area contributed by atoms with Gasteiger partial charge in [0.25, 0.3) is 11.5 Å². The highest BCUT2D eigenvalue weighted by Gasteiger charge is 2.39. The number of likely N-dealkylation sites (tertiary alicyclic amines) is 1. The fourth-order valence-electron chi connectivity index (χ4n) is 2.49. The summed E-state index contributed by atoms with van der Waals surface area (Å²) in [7, 11) is 3.68. The molecule has 1 aromatic heterocycles. The van der Waals surface area contributed by atoms with E-state index in [4.69, 9.17) is 0 Å². The molecular formula is C12H18N4O4. The third kappa shape index (κ3) is 2.97. The minimum atomic E-state index is -0.964. The van der Waals surface area contributed by atoms with Crippen LogP contribution in [0.5, 0.6) is 0 Å². The van der Waals surface area contributed by atoms with E-state index >= 15 is 0 Å². The molecule has 3 N–H and O–H groups in total. The van der Waals surface area contributed by atoms with Gasteiger partial charge in [-0.1, -0.05) is 0 Å². The van der Waals surface area contributed by atoms with Crippen molar-refractivity contribution in [3.8, 4) is 0 Å². The van der Waals surface area contributed by atoms with E-state index in [1.807, 2.05) is 24.0 Å². The van der Waals surface area contributed by atoms with E-state index in [-0.39, 0.29) is 12.1 Å². The Kier molecular flexibility index (Phi) is 3.78. The van der Waals surface area contributed by atoms with E-state index in [0.717, 1.165) is 6.20 Å². The average Bonchev–Trinajstić information content (AvgIpc) is 2.69. The van der Waals surface area contributed by atoms with Crippen molar-refractivity contribution in [3.05, 3.63) is 32.6 Å². The number of nitrogens with zero attached hydrogens (tertiary/aromatic N) is 2. The molecule has 1 atom stereocenters. The number of H-pyrrole nitrogens is 2. The highest BCUT2D eigenvalue weighted by Crippen LogP contribution is 2.22. The second-order valence-electron chi connectivity index (χ2n) is 5.42. The first-order chi connectivity index (χ1) is 9.31. The van der Waals surface area contributed by atoms with Crippen LogP contribution in [-0.2, 0) is 0 Å². The van der Waals surface area contributed by atoms with E-state index < -0.39 is 22.8 Å². The first kappa shape index (κ1) is 14.5. The number of nitrogens with one attached hydrogen (secondary N) is 2. The molecule has 1 aromatic rings. The lowest BCUT2D eigenvalue weighted by molar-refractivity contribution is 0.0236. The minimum absolute atomic E-state index is 0.126. The van der Waals surface area contributed by atoms with E-state index in [1.165, 1.54) is 4.90 Å². The van der Waals surface area contributed by atoms with Gasteiger partial charge in [0.05, 0.1) is 12.1 Å². The monoisotopic (exact) mass is 282 g/mol. The van der Waals surface area contributed by atoms with E-state index in [0.29, 0.717) is 19.5 Å². The Hall–Kier alpha value is -1.93. The molecule has 8 nitrogen and oxygen atoms in total. The van der Waals surface area contributed by atoms with Crippen molar-refractivity contribution < 1.29 is 9.90 Å². The summed E-state index contributed by atoms with van der Waals surface area (Å²) in [5.41, 5.74) is -2.47. The average molecular weight is 282 g/mol. The predicted octanol–water partition coefficient (Wildman–Crippen LogP) is -1.80. The number of β-amino-alcohol motifs (C(OH)–C–C–N with tert-alkyl or cyclic N) is 1. The summed E-state index contributed by atoms with van der Waals surface area (Å²) in [5.74, 6) is -0.489. The topological polar surface area (TPSA) is 110 Å². The molecule has 1 fully saturated rings. The summed E-state index contributed by atoms with van der Waals surface area (Å²) in [6.07, 6.45) is 1.56. The molecule has 1 saturated heterocycles. The second-order valence-corrected chi connectivity index (χ2v) is 5.42. The van der Waals surface area contributed by atoms with Crippen LogP contribution in [0.1, 0.15) is 16.8 Å². The molecule has 2 rings (SSSR count). The summed E-state index contributed by atoms with van der Waals surface area (Å²) in [6, 6.07) is 0. The molecule has 1 aliphatic rings. The standard InChI is InChI=1S/C12H18N4O4/c1-15(2)6-12(20)3-4-16(7-12)10(18)8-5-13-11(19)14-9(8)17/h5,20H,3-4,6-7H2,1-2H3,(H2,13,14,17,19)/t12-/m1/s1. The maximum absolute atomic E-state index is 12.2. The lowest BCUT2D eigenvalue weighted by Crippen LogP contribution is -2.44. The van der Waals surface area contributed by atoms with Crippen LogP contribution >= 0.6 is 0 Å². The van der Waals surface area contributed by atoms with Crippen LogP contribution in [-0.4, -0.2) is 70.1 Å². The summed E-state index contributed by atoms with van der Waals surface area (Å²) < 4.78 is 0. The Bertz CT molecular complexity index is 620. The zero-order valence-electron chi connectivity index (χ0n) is 11.5. The van der Waals surface area contributed by atoms with Crippen molar-refractivity contribution in [2.45, 2.75) is 12.0 Å². The van der Waals surface area contributed by atoms with Gasteiger partial charge >= 0.3 is 5.69 Å². The Morgan fingerprint density at radius 2 is 2.20 bits per heavy atom. The fourth-order valence-corrected chi connectivity index (χ4v) is 2.49. The largest absolute Gasteiger partial charge is 0.387 e. The highest BCUT2D eigenvalue weighted by atomic mass is 16.3. The first-order valence-corrected chi connectivity index (χ1v) is 6.29. The quantitative estimate of drug-likeness (QED) is 0.606. The molecule has 0 saturated carbocycles. The maximum atomic E-state index is 12.2.